The predicted molar refractivity (Wildman–Crippen MR) is 263 cm³/mol. The van der Waals surface area contributed by atoms with Crippen LogP contribution in [0.15, 0.2) is 152 Å². The van der Waals surface area contributed by atoms with Crippen molar-refractivity contribution in [3.05, 3.63) is 169 Å². The molecule has 0 aromatic heterocycles. The van der Waals surface area contributed by atoms with Crippen molar-refractivity contribution >= 4 is 59.0 Å². The quantitative estimate of drug-likeness (QED) is 0.0185. The lowest BCUT2D eigenvalue weighted by atomic mass is 10.0. The van der Waals surface area contributed by atoms with Gasteiger partial charge in [-0.3, -0.25) is 19.2 Å². The molecule has 2 unspecified atom stereocenters. The standard InChI is InChI=1S/C56H51N3O12/c1-5-51(60)66-31-33-68-53(62)27-29-55(64)70-38(3)42-9-13-44(14-10-42)46-17-23-49(24-18-46)59(48-21-7-40(8-22-48)35-41(36-57)37-58)50-25-19-47(20-26-50)45-15-11-43(12-16-45)39(4)71-56(65)30-28-54(63)69-34-32-67-52(61)6-2/h5-26,35,38-39H,1-2,27-34H2,3-4H3. The molecule has 5 aromatic rings. The van der Waals surface area contributed by atoms with E-state index in [9.17, 15) is 39.3 Å². The molecule has 5 aromatic carbocycles. The number of nitriles is 2. The summed E-state index contributed by atoms with van der Waals surface area (Å²) in [6.45, 7) is 9.56. The number of nitrogens with zero attached hydrogens (tertiary/aromatic N) is 3. The number of ether oxygens (including phenoxy) is 6. The molecular formula is C56H51N3O12. The summed E-state index contributed by atoms with van der Waals surface area (Å²) in [5.74, 6) is -3.61. The van der Waals surface area contributed by atoms with Crippen LogP contribution in [-0.4, -0.2) is 62.2 Å². The Morgan fingerprint density at radius 3 is 1.13 bits per heavy atom. The summed E-state index contributed by atoms with van der Waals surface area (Å²) in [4.78, 5) is 73.2. The topological polar surface area (TPSA) is 209 Å². The van der Waals surface area contributed by atoms with Crippen molar-refractivity contribution in [2.75, 3.05) is 31.3 Å². The molecule has 0 amide bonds. The molecule has 0 aliphatic carbocycles. The number of hydrogen-bond acceptors (Lipinski definition) is 15. The maximum atomic E-state index is 12.5. The van der Waals surface area contributed by atoms with E-state index in [1.807, 2.05) is 133 Å². The molecule has 0 aliphatic rings. The van der Waals surface area contributed by atoms with Crippen LogP contribution in [0.1, 0.15) is 68.4 Å². The summed E-state index contributed by atoms with van der Waals surface area (Å²) in [7, 11) is 0. The van der Waals surface area contributed by atoms with Gasteiger partial charge in [0.15, 0.2) is 0 Å². The van der Waals surface area contributed by atoms with Crippen molar-refractivity contribution in [2.45, 2.75) is 51.7 Å². The molecule has 0 radical (unpaired) electrons. The molecule has 71 heavy (non-hydrogen) atoms. The molecule has 0 spiro atoms. The van der Waals surface area contributed by atoms with E-state index in [-0.39, 0.29) is 57.7 Å². The first-order chi connectivity index (χ1) is 34.3. The first-order valence-corrected chi connectivity index (χ1v) is 22.4. The minimum Gasteiger partial charge on any atom is -0.462 e. The van der Waals surface area contributed by atoms with E-state index in [0.717, 1.165) is 62.6 Å². The zero-order chi connectivity index (χ0) is 51.1. The maximum Gasteiger partial charge on any atom is 0.330 e. The fraction of sp³-hybridized carbons (Fsp3) is 0.214. The molecule has 15 heteroatoms. The van der Waals surface area contributed by atoms with Gasteiger partial charge in [-0.05, 0) is 95.3 Å². The number of hydrogen-bond donors (Lipinski definition) is 0. The maximum absolute atomic E-state index is 12.5. The van der Waals surface area contributed by atoms with Crippen LogP contribution in [0.3, 0.4) is 0 Å². The van der Waals surface area contributed by atoms with Crippen LogP contribution in [0.25, 0.3) is 28.3 Å². The molecule has 0 aliphatic heterocycles. The highest BCUT2D eigenvalue weighted by atomic mass is 16.6. The Balaban J connectivity index is 1.23. The second-order valence-corrected chi connectivity index (χ2v) is 15.5. The van der Waals surface area contributed by atoms with Crippen molar-refractivity contribution in [1.29, 1.82) is 10.5 Å². The van der Waals surface area contributed by atoms with E-state index < -0.39 is 48.0 Å². The smallest absolute Gasteiger partial charge is 0.330 e. The third-order valence-electron chi connectivity index (χ3n) is 10.6. The van der Waals surface area contributed by atoms with E-state index in [0.29, 0.717) is 5.56 Å². The summed E-state index contributed by atoms with van der Waals surface area (Å²) >= 11 is 0. The monoisotopic (exact) mass is 957 g/mol. The number of anilines is 3. The van der Waals surface area contributed by atoms with E-state index in [1.54, 1.807) is 13.8 Å². The summed E-state index contributed by atoms with van der Waals surface area (Å²) in [6.07, 6.45) is 1.68. The normalized spacial score (nSPS) is 11.2. The van der Waals surface area contributed by atoms with Crippen LogP contribution >= 0.6 is 0 Å². The summed E-state index contributed by atoms with van der Waals surface area (Å²) in [5, 5.41) is 18.6. The summed E-state index contributed by atoms with van der Waals surface area (Å²) < 4.78 is 30.6. The SMILES string of the molecule is C=CC(=O)OCCOC(=O)CCC(=O)OC(C)c1ccc(-c2ccc(N(c3ccc(C=C(C#N)C#N)cc3)c3ccc(-c4ccc(C(C)OC(=O)CCC(=O)OCCOC(=O)C=C)cc4)cc3)cc2)cc1. The number of esters is 6. The molecule has 0 saturated heterocycles. The number of allylic oxidation sites excluding steroid dienone is 1. The Kier molecular flexibility index (Phi) is 20.1. The van der Waals surface area contributed by atoms with Gasteiger partial charge in [-0.2, -0.15) is 10.5 Å². The minimum absolute atomic E-state index is 0.00932. The van der Waals surface area contributed by atoms with Gasteiger partial charge in [0.25, 0.3) is 0 Å². The number of rotatable bonds is 24. The van der Waals surface area contributed by atoms with E-state index in [2.05, 4.69) is 18.1 Å². The molecule has 15 nitrogen and oxygen atoms in total. The van der Waals surface area contributed by atoms with E-state index in [1.165, 1.54) is 6.08 Å². The number of benzene rings is 5. The van der Waals surface area contributed by atoms with Crippen molar-refractivity contribution in [3.63, 3.8) is 0 Å². The van der Waals surface area contributed by atoms with Gasteiger partial charge in [-0.15, -0.1) is 0 Å². The van der Waals surface area contributed by atoms with Gasteiger partial charge < -0.3 is 33.3 Å². The zero-order valence-corrected chi connectivity index (χ0v) is 39.2. The Hall–Kier alpha value is -9.08. The number of carbonyl (C=O) groups excluding carboxylic acids is 6. The highest BCUT2D eigenvalue weighted by Gasteiger charge is 2.18. The van der Waals surface area contributed by atoms with Crippen LogP contribution in [0.2, 0.25) is 0 Å². The first kappa shape index (κ1) is 52.9. The van der Waals surface area contributed by atoms with Gasteiger partial charge >= 0.3 is 35.8 Å². The average molecular weight is 958 g/mol. The lowest BCUT2D eigenvalue weighted by molar-refractivity contribution is -0.154. The lowest BCUT2D eigenvalue weighted by Crippen LogP contribution is -2.15. The molecule has 5 rings (SSSR count). The third-order valence-corrected chi connectivity index (χ3v) is 10.6. The molecule has 0 bridgehead atoms. The fourth-order valence-electron chi connectivity index (χ4n) is 6.84. The average Bonchev–Trinajstić information content (AvgIpc) is 3.40. The summed E-state index contributed by atoms with van der Waals surface area (Å²) in [5.41, 5.74) is 8.48. The molecule has 0 saturated carbocycles. The molecule has 2 atom stereocenters. The number of carbonyl (C=O) groups is 6. The molecule has 0 N–H and O–H groups in total. The van der Waals surface area contributed by atoms with Crippen molar-refractivity contribution in [3.8, 4) is 34.4 Å². The second kappa shape index (κ2) is 27.1. The van der Waals surface area contributed by atoms with Crippen LogP contribution in [-0.2, 0) is 57.2 Å². The molecular weight excluding hydrogens is 907 g/mol. The molecule has 0 heterocycles. The predicted octanol–water partition coefficient (Wildman–Crippen LogP) is 10.2. The molecule has 362 valence electrons. The Bertz CT molecular complexity index is 2620. The highest BCUT2D eigenvalue weighted by molar-refractivity contribution is 5.83. The van der Waals surface area contributed by atoms with Crippen LogP contribution in [0.5, 0.6) is 0 Å². The van der Waals surface area contributed by atoms with Gasteiger partial charge in [0.1, 0.15) is 56.3 Å². The Labute approximate surface area is 411 Å². The van der Waals surface area contributed by atoms with Gasteiger partial charge in [0.05, 0.1) is 25.7 Å². The van der Waals surface area contributed by atoms with Gasteiger partial charge in [-0.1, -0.05) is 98.1 Å². The third kappa shape index (κ3) is 16.6. The van der Waals surface area contributed by atoms with Gasteiger partial charge in [-0.25, -0.2) is 9.59 Å². The molecule has 0 fully saturated rings. The van der Waals surface area contributed by atoms with Crippen molar-refractivity contribution < 1.29 is 57.2 Å². The highest BCUT2D eigenvalue weighted by Crippen LogP contribution is 2.37. The Morgan fingerprint density at radius 1 is 0.479 bits per heavy atom. The van der Waals surface area contributed by atoms with Crippen LogP contribution in [0, 0.1) is 22.7 Å². The minimum atomic E-state index is -0.627. The van der Waals surface area contributed by atoms with E-state index in [4.69, 9.17) is 28.4 Å². The summed E-state index contributed by atoms with van der Waals surface area (Å²) in [6, 6.07) is 42.5. The zero-order valence-electron chi connectivity index (χ0n) is 39.2. The largest absolute Gasteiger partial charge is 0.462 e. The van der Waals surface area contributed by atoms with Crippen LogP contribution < -0.4 is 4.90 Å². The lowest BCUT2D eigenvalue weighted by Gasteiger charge is -2.26. The Morgan fingerprint density at radius 2 is 0.789 bits per heavy atom. The van der Waals surface area contributed by atoms with Gasteiger partial charge in [0, 0.05) is 29.2 Å². The van der Waals surface area contributed by atoms with Crippen LogP contribution in [0.4, 0.5) is 17.1 Å². The van der Waals surface area contributed by atoms with E-state index >= 15 is 0 Å². The van der Waals surface area contributed by atoms with Crippen molar-refractivity contribution in [2.24, 2.45) is 0 Å². The fourth-order valence-corrected chi connectivity index (χ4v) is 6.84. The van der Waals surface area contributed by atoms with Crippen molar-refractivity contribution in [1.82, 2.24) is 0 Å². The first-order valence-electron chi connectivity index (χ1n) is 22.4. The van der Waals surface area contributed by atoms with Gasteiger partial charge in [0.2, 0.25) is 0 Å². The second-order valence-electron chi connectivity index (χ2n) is 15.5.